The van der Waals surface area contributed by atoms with Gasteiger partial charge in [-0.15, -0.1) is 0 Å². The van der Waals surface area contributed by atoms with Gasteiger partial charge in [-0.05, 0) is 19.4 Å². The first kappa shape index (κ1) is 9.87. The van der Waals surface area contributed by atoms with Crippen molar-refractivity contribution in [2.75, 3.05) is 6.54 Å². The number of halogens is 1. The van der Waals surface area contributed by atoms with Crippen molar-refractivity contribution in [2.24, 2.45) is 0 Å². The zero-order valence-corrected chi connectivity index (χ0v) is 9.04. The largest absolute Gasteiger partial charge is 0.295 e. The van der Waals surface area contributed by atoms with Gasteiger partial charge in [0.15, 0.2) is 0 Å². The van der Waals surface area contributed by atoms with Crippen LogP contribution in [0.25, 0.3) is 0 Å². The van der Waals surface area contributed by atoms with Gasteiger partial charge in [-0.1, -0.05) is 18.5 Å². The first-order chi connectivity index (χ1) is 6.79. The van der Waals surface area contributed by atoms with Crippen molar-refractivity contribution in [1.29, 1.82) is 0 Å². The standard InChI is InChI=1S/C10H14ClN3/c1-2-14(9-3-4-9)7-8-5-13-10(11)6-12-8/h5-6,9H,2-4,7H2,1H3. The first-order valence-electron chi connectivity index (χ1n) is 5.00. The van der Waals surface area contributed by atoms with Crippen LogP contribution in [0.2, 0.25) is 5.15 Å². The summed E-state index contributed by atoms with van der Waals surface area (Å²) in [7, 11) is 0. The Morgan fingerprint density at radius 3 is 2.71 bits per heavy atom. The average molecular weight is 212 g/mol. The van der Waals surface area contributed by atoms with E-state index in [2.05, 4.69) is 21.8 Å². The molecule has 0 radical (unpaired) electrons. The van der Waals surface area contributed by atoms with Crippen molar-refractivity contribution in [2.45, 2.75) is 32.4 Å². The predicted molar refractivity (Wildman–Crippen MR) is 56.1 cm³/mol. The van der Waals surface area contributed by atoms with Gasteiger partial charge in [-0.25, -0.2) is 4.98 Å². The minimum absolute atomic E-state index is 0.461. The lowest BCUT2D eigenvalue weighted by atomic mass is 10.4. The van der Waals surface area contributed by atoms with E-state index in [0.29, 0.717) is 5.15 Å². The highest BCUT2D eigenvalue weighted by molar-refractivity contribution is 6.29. The van der Waals surface area contributed by atoms with Gasteiger partial charge in [0.05, 0.1) is 18.1 Å². The molecule has 14 heavy (non-hydrogen) atoms. The molecular formula is C10H14ClN3. The highest BCUT2D eigenvalue weighted by Crippen LogP contribution is 2.27. The lowest BCUT2D eigenvalue weighted by Gasteiger charge is -2.18. The molecule has 0 bridgehead atoms. The van der Waals surface area contributed by atoms with Crippen LogP contribution in [0, 0.1) is 0 Å². The van der Waals surface area contributed by atoms with E-state index in [-0.39, 0.29) is 0 Å². The molecule has 3 nitrogen and oxygen atoms in total. The lowest BCUT2D eigenvalue weighted by Crippen LogP contribution is -2.25. The zero-order valence-electron chi connectivity index (χ0n) is 8.28. The van der Waals surface area contributed by atoms with Crippen LogP contribution in [-0.4, -0.2) is 27.5 Å². The third kappa shape index (κ3) is 2.42. The minimum atomic E-state index is 0.461. The molecule has 1 aromatic heterocycles. The normalized spacial score (nSPS) is 16.2. The van der Waals surface area contributed by atoms with Crippen molar-refractivity contribution >= 4 is 11.6 Å². The Morgan fingerprint density at radius 1 is 1.43 bits per heavy atom. The fourth-order valence-electron chi connectivity index (χ4n) is 1.57. The molecule has 1 fully saturated rings. The van der Waals surface area contributed by atoms with Crippen molar-refractivity contribution < 1.29 is 0 Å². The van der Waals surface area contributed by atoms with Crippen LogP contribution in [0.5, 0.6) is 0 Å². The second-order valence-electron chi connectivity index (χ2n) is 3.62. The molecule has 1 saturated carbocycles. The van der Waals surface area contributed by atoms with E-state index < -0.39 is 0 Å². The van der Waals surface area contributed by atoms with E-state index in [9.17, 15) is 0 Å². The molecule has 4 heteroatoms. The maximum absolute atomic E-state index is 5.67. The summed E-state index contributed by atoms with van der Waals surface area (Å²) in [6, 6.07) is 0.775. The van der Waals surface area contributed by atoms with E-state index in [1.807, 2.05) is 0 Å². The molecule has 0 spiro atoms. The van der Waals surface area contributed by atoms with Crippen LogP contribution in [-0.2, 0) is 6.54 Å². The van der Waals surface area contributed by atoms with Crippen molar-refractivity contribution in [3.63, 3.8) is 0 Å². The maximum Gasteiger partial charge on any atom is 0.147 e. The Bertz CT molecular complexity index is 295. The lowest BCUT2D eigenvalue weighted by molar-refractivity contribution is 0.265. The summed E-state index contributed by atoms with van der Waals surface area (Å²) in [4.78, 5) is 10.7. The quantitative estimate of drug-likeness (QED) is 0.764. The molecule has 0 amide bonds. The number of aromatic nitrogens is 2. The van der Waals surface area contributed by atoms with Crippen LogP contribution in [0.4, 0.5) is 0 Å². The minimum Gasteiger partial charge on any atom is -0.295 e. The SMILES string of the molecule is CCN(Cc1cnc(Cl)cn1)C1CC1. The Labute approximate surface area is 89.1 Å². The molecule has 1 aromatic rings. The van der Waals surface area contributed by atoms with Crippen LogP contribution < -0.4 is 0 Å². The second-order valence-corrected chi connectivity index (χ2v) is 4.01. The summed E-state index contributed by atoms with van der Waals surface area (Å²) in [5, 5.41) is 0.461. The molecule has 1 heterocycles. The summed E-state index contributed by atoms with van der Waals surface area (Å²) >= 11 is 5.67. The van der Waals surface area contributed by atoms with Gasteiger partial charge in [-0.2, -0.15) is 0 Å². The van der Waals surface area contributed by atoms with Gasteiger partial charge in [-0.3, -0.25) is 9.88 Å². The number of hydrogen-bond donors (Lipinski definition) is 0. The van der Waals surface area contributed by atoms with Gasteiger partial charge < -0.3 is 0 Å². The molecule has 2 rings (SSSR count). The summed E-state index contributed by atoms with van der Waals surface area (Å²) in [5.41, 5.74) is 1.00. The molecule has 0 atom stereocenters. The fraction of sp³-hybridized carbons (Fsp3) is 0.600. The Balaban J connectivity index is 1.98. The van der Waals surface area contributed by atoms with Crippen LogP contribution in [0.1, 0.15) is 25.5 Å². The summed E-state index contributed by atoms with van der Waals surface area (Å²) in [6.07, 6.45) is 6.02. The van der Waals surface area contributed by atoms with Crippen molar-refractivity contribution in [3.8, 4) is 0 Å². The smallest absolute Gasteiger partial charge is 0.147 e. The number of nitrogens with zero attached hydrogens (tertiary/aromatic N) is 3. The molecule has 0 N–H and O–H groups in total. The van der Waals surface area contributed by atoms with E-state index in [4.69, 9.17) is 11.6 Å². The Hall–Kier alpha value is -0.670. The molecular weight excluding hydrogens is 198 g/mol. The van der Waals surface area contributed by atoms with E-state index >= 15 is 0 Å². The van der Waals surface area contributed by atoms with Crippen molar-refractivity contribution in [1.82, 2.24) is 14.9 Å². The number of hydrogen-bond acceptors (Lipinski definition) is 3. The van der Waals surface area contributed by atoms with Gasteiger partial charge in [0.25, 0.3) is 0 Å². The first-order valence-corrected chi connectivity index (χ1v) is 5.38. The highest BCUT2D eigenvalue weighted by atomic mass is 35.5. The van der Waals surface area contributed by atoms with Crippen LogP contribution in [0.3, 0.4) is 0 Å². The molecule has 0 unspecified atom stereocenters. The van der Waals surface area contributed by atoms with E-state index in [1.165, 1.54) is 12.8 Å². The third-order valence-corrected chi connectivity index (χ3v) is 2.70. The molecule has 1 aliphatic carbocycles. The van der Waals surface area contributed by atoms with Crippen LogP contribution >= 0.6 is 11.6 Å². The van der Waals surface area contributed by atoms with E-state index in [0.717, 1.165) is 24.8 Å². The predicted octanol–water partition coefficient (Wildman–Crippen LogP) is 2.11. The van der Waals surface area contributed by atoms with Gasteiger partial charge in [0, 0.05) is 12.6 Å². The van der Waals surface area contributed by atoms with Crippen LogP contribution in [0.15, 0.2) is 12.4 Å². The molecule has 0 saturated heterocycles. The number of rotatable bonds is 4. The molecule has 0 aromatic carbocycles. The molecule has 76 valence electrons. The second kappa shape index (κ2) is 4.24. The summed E-state index contributed by atoms with van der Waals surface area (Å²) in [6.45, 7) is 4.15. The van der Waals surface area contributed by atoms with Gasteiger partial charge >= 0.3 is 0 Å². The molecule has 0 aliphatic heterocycles. The molecule has 1 aliphatic rings. The topological polar surface area (TPSA) is 29.0 Å². The van der Waals surface area contributed by atoms with Crippen molar-refractivity contribution in [3.05, 3.63) is 23.2 Å². The highest BCUT2D eigenvalue weighted by Gasteiger charge is 2.27. The fourth-order valence-corrected chi connectivity index (χ4v) is 1.67. The maximum atomic E-state index is 5.67. The van der Waals surface area contributed by atoms with E-state index in [1.54, 1.807) is 12.4 Å². The Morgan fingerprint density at radius 2 is 2.21 bits per heavy atom. The zero-order chi connectivity index (χ0) is 9.97. The summed E-state index contributed by atoms with van der Waals surface area (Å²) < 4.78 is 0. The van der Waals surface area contributed by atoms with Gasteiger partial charge in [0.1, 0.15) is 5.15 Å². The monoisotopic (exact) mass is 211 g/mol. The van der Waals surface area contributed by atoms with Gasteiger partial charge in [0.2, 0.25) is 0 Å². The average Bonchev–Trinajstić information content (AvgIpc) is 3.01. The third-order valence-electron chi connectivity index (χ3n) is 2.51. The summed E-state index contributed by atoms with van der Waals surface area (Å²) in [5.74, 6) is 0. The Kier molecular flexibility index (Phi) is 2.99.